The van der Waals surface area contributed by atoms with Crippen molar-refractivity contribution in [1.82, 2.24) is 0 Å². The second-order valence-electron chi connectivity index (χ2n) is 3.96. The number of benzene rings is 1. The number of para-hydroxylation sites is 1. The maximum Gasteiger partial charge on any atom is 0.242 e. The molecule has 1 amide bonds. The average molecular weight is 286 g/mol. The van der Waals surface area contributed by atoms with Crippen LogP contribution in [0.4, 0.5) is 5.69 Å². The third-order valence-electron chi connectivity index (χ3n) is 2.66. The number of amides is 1. The molecule has 1 aromatic rings. The molecule has 0 N–H and O–H groups in total. The molecule has 1 aromatic carbocycles. The van der Waals surface area contributed by atoms with Gasteiger partial charge in [-0.15, -0.1) is 11.6 Å². The fraction of sp³-hybridized carbons (Fsp3) is 0.250. The van der Waals surface area contributed by atoms with E-state index < -0.39 is 15.9 Å². The van der Waals surface area contributed by atoms with Crippen molar-refractivity contribution >= 4 is 33.0 Å². The molecule has 2 rings (SSSR count). The zero-order chi connectivity index (χ0) is 13.2. The summed E-state index contributed by atoms with van der Waals surface area (Å²) in [5.41, 5.74) is 0.648. The minimum atomic E-state index is -3.21. The van der Waals surface area contributed by atoms with Gasteiger partial charge in [-0.1, -0.05) is 18.2 Å². The third kappa shape index (κ3) is 2.73. The predicted octanol–water partition coefficient (Wildman–Crippen LogP) is 1.57. The van der Waals surface area contributed by atoms with E-state index >= 15 is 0 Å². The summed E-state index contributed by atoms with van der Waals surface area (Å²) in [6, 6.07) is 8.43. The number of anilines is 1. The van der Waals surface area contributed by atoms with Crippen LogP contribution in [0.15, 0.2) is 41.8 Å². The topological polar surface area (TPSA) is 54.5 Å². The van der Waals surface area contributed by atoms with E-state index in [1.165, 1.54) is 11.0 Å². The van der Waals surface area contributed by atoms with Crippen LogP contribution in [-0.2, 0) is 14.6 Å². The molecule has 6 heteroatoms. The number of carbonyl (C=O) groups excluding carboxylic acids is 1. The number of halogens is 1. The molecule has 0 bridgehead atoms. The van der Waals surface area contributed by atoms with Crippen LogP contribution < -0.4 is 4.90 Å². The maximum absolute atomic E-state index is 11.9. The number of hydrogen-bond donors (Lipinski definition) is 0. The number of alkyl halides is 1. The van der Waals surface area contributed by atoms with Gasteiger partial charge in [0.05, 0.1) is 11.8 Å². The summed E-state index contributed by atoms with van der Waals surface area (Å²) in [5.74, 6) is -0.585. The van der Waals surface area contributed by atoms with Crippen LogP contribution in [-0.4, -0.2) is 32.0 Å². The summed E-state index contributed by atoms with van der Waals surface area (Å²) >= 11 is 5.58. The minimum Gasteiger partial charge on any atom is -0.303 e. The largest absolute Gasteiger partial charge is 0.303 e. The highest BCUT2D eigenvalue weighted by Gasteiger charge is 2.30. The van der Waals surface area contributed by atoms with Gasteiger partial charge >= 0.3 is 0 Å². The molecule has 0 fully saturated rings. The van der Waals surface area contributed by atoms with Crippen molar-refractivity contribution in [2.24, 2.45) is 0 Å². The minimum absolute atomic E-state index is 0.0927. The molecule has 0 aromatic heterocycles. The Bertz CT molecular complexity index is 568. The number of hydrogen-bond acceptors (Lipinski definition) is 3. The quantitative estimate of drug-likeness (QED) is 0.792. The molecule has 0 saturated carbocycles. The van der Waals surface area contributed by atoms with E-state index in [0.717, 1.165) is 5.41 Å². The summed E-state index contributed by atoms with van der Waals surface area (Å²) in [6.07, 6.45) is 1.52. The molecular formula is C12H12ClNO3S. The maximum atomic E-state index is 11.9. The highest BCUT2D eigenvalue weighted by Crippen LogP contribution is 2.22. The molecule has 18 heavy (non-hydrogen) atoms. The molecule has 1 aliphatic rings. The Morgan fingerprint density at radius 3 is 2.50 bits per heavy atom. The average Bonchev–Trinajstić information content (AvgIpc) is 2.71. The van der Waals surface area contributed by atoms with Crippen LogP contribution in [0.2, 0.25) is 0 Å². The number of sulfone groups is 1. The van der Waals surface area contributed by atoms with E-state index in [2.05, 4.69) is 0 Å². The molecule has 1 atom stereocenters. The molecule has 0 aliphatic carbocycles. The monoisotopic (exact) mass is 285 g/mol. The zero-order valence-corrected chi connectivity index (χ0v) is 11.1. The van der Waals surface area contributed by atoms with Gasteiger partial charge in [0, 0.05) is 11.1 Å². The summed E-state index contributed by atoms with van der Waals surface area (Å²) in [4.78, 5) is 13.3. The smallest absolute Gasteiger partial charge is 0.242 e. The third-order valence-corrected chi connectivity index (χ3v) is 4.27. The van der Waals surface area contributed by atoms with Crippen molar-refractivity contribution in [2.45, 2.75) is 6.04 Å². The van der Waals surface area contributed by atoms with Crippen molar-refractivity contribution in [1.29, 1.82) is 0 Å². The first-order valence-electron chi connectivity index (χ1n) is 5.37. The van der Waals surface area contributed by atoms with Crippen molar-refractivity contribution < 1.29 is 13.2 Å². The molecule has 0 unspecified atom stereocenters. The molecule has 0 spiro atoms. The molecule has 96 valence electrons. The Labute approximate surface area is 111 Å². The van der Waals surface area contributed by atoms with Crippen molar-refractivity contribution in [3.8, 4) is 0 Å². The summed E-state index contributed by atoms with van der Waals surface area (Å²) in [7, 11) is -3.21. The second-order valence-corrected chi connectivity index (χ2v) is 6.16. The van der Waals surface area contributed by atoms with Crippen LogP contribution in [0.3, 0.4) is 0 Å². The van der Waals surface area contributed by atoms with Crippen LogP contribution >= 0.6 is 11.6 Å². The Morgan fingerprint density at radius 2 is 2.00 bits per heavy atom. The van der Waals surface area contributed by atoms with Gasteiger partial charge in [0.25, 0.3) is 0 Å². The van der Waals surface area contributed by atoms with Crippen LogP contribution in [0.1, 0.15) is 0 Å². The summed E-state index contributed by atoms with van der Waals surface area (Å²) < 4.78 is 22.9. The Balaban J connectivity index is 2.34. The first-order valence-corrected chi connectivity index (χ1v) is 7.62. The Kier molecular flexibility index (Phi) is 3.73. The van der Waals surface area contributed by atoms with Gasteiger partial charge in [-0.2, -0.15) is 0 Å². The Morgan fingerprint density at radius 1 is 1.33 bits per heavy atom. The lowest BCUT2D eigenvalue weighted by Gasteiger charge is -2.26. The fourth-order valence-corrected chi connectivity index (χ4v) is 3.29. The van der Waals surface area contributed by atoms with E-state index in [4.69, 9.17) is 11.6 Å². The van der Waals surface area contributed by atoms with E-state index in [-0.39, 0.29) is 17.5 Å². The molecule has 4 nitrogen and oxygen atoms in total. The molecule has 1 heterocycles. The summed E-state index contributed by atoms with van der Waals surface area (Å²) in [5, 5.41) is 1.15. The van der Waals surface area contributed by atoms with E-state index in [1.807, 2.05) is 6.07 Å². The predicted molar refractivity (Wildman–Crippen MR) is 71.4 cm³/mol. The molecule has 0 radical (unpaired) electrons. The van der Waals surface area contributed by atoms with Gasteiger partial charge in [0.2, 0.25) is 5.91 Å². The van der Waals surface area contributed by atoms with E-state index in [1.54, 1.807) is 24.3 Å². The summed E-state index contributed by atoms with van der Waals surface area (Å²) in [6.45, 7) is 0. The number of nitrogens with zero attached hydrogens (tertiary/aromatic N) is 1. The van der Waals surface area contributed by atoms with Crippen molar-refractivity contribution in [3.63, 3.8) is 0 Å². The number of carbonyl (C=O) groups is 1. The number of rotatable bonds is 3. The molecular weight excluding hydrogens is 274 g/mol. The first-order chi connectivity index (χ1) is 8.53. The lowest BCUT2D eigenvalue weighted by atomic mass is 10.2. The van der Waals surface area contributed by atoms with Crippen LogP contribution in [0.5, 0.6) is 0 Å². The first kappa shape index (κ1) is 13.1. The highest BCUT2D eigenvalue weighted by atomic mass is 35.5. The van der Waals surface area contributed by atoms with Gasteiger partial charge in [-0.05, 0) is 18.2 Å². The zero-order valence-electron chi connectivity index (χ0n) is 9.49. The van der Waals surface area contributed by atoms with E-state index in [9.17, 15) is 13.2 Å². The highest BCUT2D eigenvalue weighted by molar-refractivity contribution is 7.94. The van der Waals surface area contributed by atoms with Crippen molar-refractivity contribution in [3.05, 3.63) is 41.8 Å². The van der Waals surface area contributed by atoms with Gasteiger partial charge < -0.3 is 4.90 Å². The Hall–Kier alpha value is -1.33. The van der Waals surface area contributed by atoms with Gasteiger partial charge in [0.15, 0.2) is 9.84 Å². The lowest BCUT2D eigenvalue weighted by Crippen LogP contribution is -2.41. The standard InChI is InChI=1S/C12H12ClNO3S/c13-8-12(15)14(10-4-2-1-3-5-10)11-6-7-18(16,17)9-11/h1-7,11H,8-9H2/t11-/m1/s1. The second kappa shape index (κ2) is 5.12. The fourth-order valence-electron chi connectivity index (χ4n) is 1.89. The van der Waals surface area contributed by atoms with Gasteiger partial charge in [0.1, 0.15) is 5.88 Å². The van der Waals surface area contributed by atoms with Gasteiger partial charge in [-0.25, -0.2) is 8.42 Å². The SMILES string of the molecule is O=C(CCl)N(c1ccccc1)[C@@H]1C=CS(=O)(=O)C1. The van der Waals surface area contributed by atoms with Crippen LogP contribution in [0, 0.1) is 0 Å². The molecule has 0 saturated heterocycles. The van der Waals surface area contributed by atoms with Crippen molar-refractivity contribution in [2.75, 3.05) is 16.5 Å². The lowest BCUT2D eigenvalue weighted by molar-refractivity contribution is -0.116. The normalized spacial score (nSPS) is 20.8. The van der Waals surface area contributed by atoms with E-state index in [0.29, 0.717) is 5.69 Å². The van der Waals surface area contributed by atoms with Gasteiger partial charge in [-0.3, -0.25) is 4.79 Å². The molecule has 1 aliphatic heterocycles. The van der Waals surface area contributed by atoms with Crippen LogP contribution in [0.25, 0.3) is 0 Å².